The van der Waals surface area contributed by atoms with Crippen LogP contribution in [0, 0.1) is 17.5 Å². The number of aromatic nitrogens is 3. The number of hydrogen-bond acceptors (Lipinski definition) is 5. The fraction of sp³-hybridized carbons (Fsp3) is 0.200. The summed E-state index contributed by atoms with van der Waals surface area (Å²) in [6, 6.07) is 11.0. The molecule has 1 atom stereocenters. The van der Waals surface area contributed by atoms with Gasteiger partial charge in [0.1, 0.15) is 0 Å². The van der Waals surface area contributed by atoms with Gasteiger partial charge in [-0.1, -0.05) is 42.1 Å². The van der Waals surface area contributed by atoms with Crippen molar-refractivity contribution in [1.82, 2.24) is 20.1 Å². The van der Waals surface area contributed by atoms with Crippen molar-refractivity contribution in [3.8, 4) is 11.4 Å². The van der Waals surface area contributed by atoms with Crippen molar-refractivity contribution >= 4 is 29.3 Å². The van der Waals surface area contributed by atoms with Gasteiger partial charge in [-0.2, -0.15) is 0 Å². The second-order valence-corrected chi connectivity index (χ2v) is 7.79. The molecule has 2 aromatic carbocycles. The lowest BCUT2D eigenvalue weighted by Gasteiger charge is -2.12. The monoisotopic (exact) mass is 449 g/mol. The predicted molar refractivity (Wildman–Crippen MR) is 110 cm³/mol. The number of halogens is 3. The number of nitrogens with zero attached hydrogens (tertiary/aromatic N) is 3. The molecule has 1 unspecified atom stereocenters. The summed E-state index contributed by atoms with van der Waals surface area (Å²) in [6.45, 7) is 1.15. The molecule has 7 nitrogen and oxygen atoms in total. The molecule has 0 fully saturated rings. The van der Waals surface area contributed by atoms with E-state index in [1.807, 2.05) is 30.3 Å². The van der Waals surface area contributed by atoms with E-state index >= 15 is 0 Å². The molecule has 0 aliphatic heterocycles. The van der Waals surface area contributed by atoms with Gasteiger partial charge in [-0.3, -0.25) is 9.59 Å². The van der Waals surface area contributed by atoms with Crippen molar-refractivity contribution in [3.05, 3.63) is 59.9 Å². The third-order valence-corrected chi connectivity index (χ3v) is 5.38. The van der Waals surface area contributed by atoms with Crippen molar-refractivity contribution in [2.24, 2.45) is 7.05 Å². The summed E-state index contributed by atoms with van der Waals surface area (Å²) < 4.78 is 41.5. The molecule has 0 spiro atoms. The van der Waals surface area contributed by atoms with Crippen LogP contribution in [0.25, 0.3) is 11.4 Å². The van der Waals surface area contributed by atoms with E-state index in [0.29, 0.717) is 17.0 Å². The number of rotatable bonds is 7. The quantitative estimate of drug-likeness (QED) is 0.427. The highest BCUT2D eigenvalue weighted by molar-refractivity contribution is 8.00. The molecule has 1 heterocycles. The molecule has 31 heavy (non-hydrogen) atoms. The average molecular weight is 449 g/mol. The number of thioether (sulfide) groups is 1. The summed E-state index contributed by atoms with van der Waals surface area (Å²) in [5, 5.41) is 12.6. The summed E-state index contributed by atoms with van der Waals surface area (Å²) in [7, 11) is 1.78. The Morgan fingerprint density at radius 3 is 2.48 bits per heavy atom. The maximum Gasteiger partial charge on any atom is 0.243 e. The highest BCUT2D eigenvalue weighted by Crippen LogP contribution is 2.25. The van der Waals surface area contributed by atoms with Crippen LogP contribution in [-0.2, 0) is 16.6 Å². The topological polar surface area (TPSA) is 88.9 Å². The summed E-state index contributed by atoms with van der Waals surface area (Å²) in [6.07, 6.45) is 0. The first-order valence-corrected chi connectivity index (χ1v) is 9.98. The minimum absolute atomic E-state index is 0.463. The molecule has 2 amide bonds. The lowest BCUT2D eigenvalue weighted by Crippen LogP contribution is -2.37. The summed E-state index contributed by atoms with van der Waals surface area (Å²) in [5.74, 6) is -5.18. The third-order valence-electron chi connectivity index (χ3n) is 4.25. The van der Waals surface area contributed by atoms with Gasteiger partial charge in [0.05, 0.1) is 17.5 Å². The Balaban J connectivity index is 1.55. The molecular weight excluding hydrogens is 431 g/mol. The number of carbonyl (C=O) groups is 2. The number of benzene rings is 2. The van der Waals surface area contributed by atoms with Crippen LogP contribution >= 0.6 is 11.8 Å². The van der Waals surface area contributed by atoms with Crippen molar-refractivity contribution in [1.29, 1.82) is 0 Å². The number of nitrogens with one attached hydrogen (secondary N) is 2. The van der Waals surface area contributed by atoms with E-state index in [1.54, 1.807) is 18.5 Å². The molecule has 0 saturated carbocycles. The van der Waals surface area contributed by atoms with E-state index in [0.717, 1.165) is 23.4 Å². The van der Waals surface area contributed by atoms with Crippen molar-refractivity contribution in [2.75, 3.05) is 11.9 Å². The fourth-order valence-corrected chi connectivity index (χ4v) is 3.43. The number of carbonyl (C=O) groups excluding carboxylic acids is 2. The zero-order valence-electron chi connectivity index (χ0n) is 16.5. The normalized spacial score (nSPS) is 11.8. The van der Waals surface area contributed by atoms with Crippen LogP contribution in [0.15, 0.2) is 47.6 Å². The SMILES string of the molecule is CC(Sc1nnc(-c2ccccc2)n1C)C(=O)NCC(=O)Nc1ccc(F)c(F)c1F. The Morgan fingerprint density at radius 1 is 1.06 bits per heavy atom. The molecule has 0 saturated heterocycles. The molecule has 0 aliphatic rings. The lowest BCUT2D eigenvalue weighted by atomic mass is 10.2. The van der Waals surface area contributed by atoms with E-state index in [1.165, 1.54) is 0 Å². The Bertz CT molecular complexity index is 1110. The van der Waals surface area contributed by atoms with Crippen LogP contribution in [0.1, 0.15) is 6.92 Å². The van der Waals surface area contributed by atoms with E-state index < -0.39 is 46.7 Å². The highest BCUT2D eigenvalue weighted by atomic mass is 32.2. The first-order chi connectivity index (χ1) is 14.8. The lowest BCUT2D eigenvalue weighted by molar-refractivity contribution is -0.123. The van der Waals surface area contributed by atoms with Crippen molar-refractivity contribution in [2.45, 2.75) is 17.3 Å². The molecule has 3 aromatic rings. The average Bonchev–Trinajstić information content (AvgIpc) is 3.13. The Kier molecular flexibility index (Phi) is 6.95. The van der Waals surface area contributed by atoms with Crippen LogP contribution in [0.4, 0.5) is 18.9 Å². The molecule has 162 valence electrons. The summed E-state index contributed by atoms with van der Waals surface area (Å²) >= 11 is 1.15. The highest BCUT2D eigenvalue weighted by Gasteiger charge is 2.20. The minimum Gasteiger partial charge on any atom is -0.346 e. The zero-order chi connectivity index (χ0) is 22.5. The van der Waals surface area contributed by atoms with Crippen molar-refractivity contribution in [3.63, 3.8) is 0 Å². The summed E-state index contributed by atoms with van der Waals surface area (Å²) in [4.78, 5) is 24.2. The fourth-order valence-electron chi connectivity index (χ4n) is 2.60. The molecule has 0 aliphatic carbocycles. The van der Waals surface area contributed by atoms with E-state index in [2.05, 4.69) is 20.8 Å². The second-order valence-electron chi connectivity index (χ2n) is 6.48. The second kappa shape index (κ2) is 9.65. The standard InChI is InChI=1S/C20H18F3N5O2S/c1-11(31-20-27-26-18(28(20)2)12-6-4-3-5-7-12)19(30)24-10-15(29)25-14-9-8-13(21)16(22)17(14)23/h3-9,11H,10H2,1-2H3,(H,24,30)(H,25,29). The van der Waals surface area contributed by atoms with Crippen LogP contribution < -0.4 is 10.6 Å². The van der Waals surface area contributed by atoms with Crippen LogP contribution in [0.3, 0.4) is 0 Å². The Morgan fingerprint density at radius 2 is 1.77 bits per heavy atom. The van der Waals surface area contributed by atoms with Gasteiger partial charge in [0, 0.05) is 12.6 Å². The maximum absolute atomic E-state index is 13.6. The Hall–Kier alpha value is -3.34. The van der Waals surface area contributed by atoms with E-state index in [9.17, 15) is 22.8 Å². The van der Waals surface area contributed by atoms with Gasteiger partial charge < -0.3 is 15.2 Å². The molecule has 1 aromatic heterocycles. The molecule has 11 heteroatoms. The first kappa shape index (κ1) is 22.3. The third kappa shape index (κ3) is 5.23. The molecule has 2 N–H and O–H groups in total. The van der Waals surface area contributed by atoms with Gasteiger partial charge in [-0.25, -0.2) is 13.2 Å². The largest absolute Gasteiger partial charge is 0.346 e. The van der Waals surface area contributed by atoms with Gasteiger partial charge in [-0.05, 0) is 19.1 Å². The number of anilines is 1. The van der Waals surface area contributed by atoms with Crippen LogP contribution in [-0.4, -0.2) is 38.4 Å². The first-order valence-electron chi connectivity index (χ1n) is 9.10. The molecule has 3 rings (SSSR count). The molecular formula is C20H18F3N5O2S. The molecule has 0 radical (unpaired) electrons. The van der Waals surface area contributed by atoms with Gasteiger partial charge in [0.25, 0.3) is 0 Å². The minimum atomic E-state index is -1.69. The van der Waals surface area contributed by atoms with Crippen molar-refractivity contribution < 1.29 is 22.8 Å². The smallest absolute Gasteiger partial charge is 0.243 e. The van der Waals surface area contributed by atoms with E-state index in [-0.39, 0.29) is 0 Å². The Labute approximate surface area is 180 Å². The van der Waals surface area contributed by atoms with E-state index in [4.69, 9.17) is 0 Å². The molecule has 0 bridgehead atoms. The zero-order valence-corrected chi connectivity index (χ0v) is 17.3. The van der Waals surface area contributed by atoms with Gasteiger partial charge in [-0.15, -0.1) is 10.2 Å². The summed E-state index contributed by atoms with van der Waals surface area (Å²) in [5.41, 5.74) is 0.357. The van der Waals surface area contributed by atoms with Gasteiger partial charge in [0.15, 0.2) is 28.4 Å². The number of amides is 2. The van der Waals surface area contributed by atoms with Gasteiger partial charge >= 0.3 is 0 Å². The van der Waals surface area contributed by atoms with Crippen LogP contribution in [0.2, 0.25) is 0 Å². The number of hydrogen-bond donors (Lipinski definition) is 2. The van der Waals surface area contributed by atoms with Gasteiger partial charge in [0.2, 0.25) is 11.8 Å². The maximum atomic E-state index is 13.6. The van der Waals surface area contributed by atoms with Crippen LogP contribution in [0.5, 0.6) is 0 Å². The predicted octanol–water partition coefficient (Wildman–Crippen LogP) is 3.13.